The van der Waals surface area contributed by atoms with E-state index in [0.29, 0.717) is 6.04 Å². The summed E-state index contributed by atoms with van der Waals surface area (Å²) in [6.07, 6.45) is 0. The maximum absolute atomic E-state index is 6.24. The van der Waals surface area contributed by atoms with Crippen molar-refractivity contribution in [2.75, 3.05) is 6.54 Å². The van der Waals surface area contributed by atoms with Gasteiger partial charge in [0.05, 0.1) is 0 Å². The quantitative estimate of drug-likeness (QED) is 0.828. The van der Waals surface area contributed by atoms with Crippen LogP contribution in [0.1, 0.15) is 31.0 Å². The molecule has 2 rings (SSSR count). The van der Waals surface area contributed by atoms with Gasteiger partial charge in [0.2, 0.25) is 0 Å². The number of benzene rings is 2. The molecule has 1 nitrogen and oxygen atoms in total. The van der Waals surface area contributed by atoms with Gasteiger partial charge in [-0.3, -0.25) is 0 Å². The number of hydrogen-bond donors (Lipinski definition) is 1. The Morgan fingerprint density at radius 3 is 2.58 bits per heavy atom. The maximum Gasteiger partial charge on any atom is 0.0441 e. The second kappa shape index (κ2) is 6.23. The lowest BCUT2D eigenvalue weighted by Gasteiger charge is -2.17. The first-order chi connectivity index (χ1) is 9.13. The lowest BCUT2D eigenvalue weighted by Crippen LogP contribution is -2.18. The molecule has 0 fully saturated rings. The van der Waals surface area contributed by atoms with Crippen molar-refractivity contribution in [3.63, 3.8) is 0 Å². The number of halogens is 1. The zero-order chi connectivity index (χ0) is 13.8. The monoisotopic (exact) mass is 273 g/mol. The molecule has 0 bridgehead atoms. The minimum absolute atomic E-state index is 0.335. The Hall–Kier alpha value is -1.31. The predicted octanol–water partition coefficient (Wildman–Crippen LogP) is 4.99. The van der Waals surface area contributed by atoms with Crippen LogP contribution in [0.3, 0.4) is 0 Å². The van der Waals surface area contributed by atoms with E-state index in [-0.39, 0.29) is 0 Å². The molecule has 0 aromatic heterocycles. The van der Waals surface area contributed by atoms with E-state index in [9.17, 15) is 0 Å². The van der Waals surface area contributed by atoms with Crippen LogP contribution < -0.4 is 5.32 Å². The highest BCUT2D eigenvalue weighted by molar-refractivity contribution is 6.31. The molecule has 0 aliphatic rings. The summed E-state index contributed by atoms with van der Waals surface area (Å²) in [6, 6.07) is 15.1. The van der Waals surface area contributed by atoms with Gasteiger partial charge in [0.15, 0.2) is 0 Å². The van der Waals surface area contributed by atoms with Gasteiger partial charge in [0, 0.05) is 11.1 Å². The fraction of sp³-hybridized carbons (Fsp3) is 0.294. The smallest absolute Gasteiger partial charge is 0.0441 e. The molecule has 0 saturated heterocycles. The fourth-order valence-corrected chi connectivity index (χ4v) is 2.49. The van der Waals surface area contributed by atoms with Crippen molar-refractivity contribution in [1.29, 1.82) is 0 Å². The van der Waals surface area contributed by atoms with Gasteiger partial charge in [-0.25, -0.2) is 0 Å². The third kappa shape index (κ3) is 3.17. The Bertz CT molecular complexity index is 563. The third-order valence-corrected chi connectivity index (χ3v) is 3.83. The van der Waals surface area contributed by atoms with E-state index in [1.165, 1.54) is 16.7 Å². The molecule has 1 unspecified atom stereocenters. The van der Waals surface area contributed by atoms with Gasteiger partial charge in [-0.2, -0.15) is 0 Å². The van der Waals surface area contributed by atoms with Crippen LogP contribution in [0.15, 0.2) is 42.5 Å². The number of rotatable bonds is 4. The van der Waals surface area contributed by atoms with Crippen LogP contribution in [0.4, 0.5) is 0 Å². The summed E-state index contributed by atoms with van der Waals surface area (Å²) in [7, 11) is 0. The molecule has 1 N–H and O–H groups in total. The predicted molar refractivity (Wildman–Crippen MR) is 83.7 cm³/mol. The van der Waals surface area contributed by atoms with E-state index in [1.807, 2.05) is 13.0 Å². The summed E-state index contributed by atoms with van der Waals surface area (Å²) in [5.74, 6) is 0. The van der Waals surface area contributed by atoms with Crippen LogP contribution in [-0.4, -0.2) is 6.54 Å². The Morgan fingerprint density at radius 1 is 1.16 bits per heavy atom. The first-order valence-corrected chi connectivity index (χ1v) is 7.10. The number of hydrogen-bond acceptors (Lipinski definition) is 1. The molecule has 0 spiro atoms. The highest BCUT2D eigenvalue weighted by Gasteiger charge is 2.11. The molecule has 100 valence electrons. The average molecular weight is 274 g/mol. The van der Waals surface area contributed by atoms with Gasteiger partial charge in [0.1, 0.15) is 0 Å². The molecule has 0 aliphatic carbocycles. The molecule has 0 radical (unpaired) electrons. The SMILES string of the molecule is CCNC(C)c1ccccc1-c1ccc(C)c(Cl)c1. The summed E-state index contributed by atoms with van der Waals surface area (Å²) >= 11 is 6.24. The van der Waals surface area contributed by atoms with Gasteiger partial charge in [-0.15, -0.1) is 0 Å². The molecule has 2 aromatic carbocycles. The zero-order valence-corrected chi connectivity index (χ0v) is 12.5. The molecule has 0 aliphatic heterocycles. The van der Waals surface area contributed by atoms with E-state index in [1.54, 1.807) is 0 Å². The summed E-state index contributed by atoms with van der Waals surface area (Å²) in [5, 5.41) is 4.29. The highest BCUT2D eigenvalue weighted by Crippen LogP contribution is 2.30. The van der Waals surface area contributed by atoms with E-state index in [2.05, 4.69) is 55.6 Å². The average Bonchev–Trinajstić information content (AvgIpc) is 2.42. The van der Waals surface area contributed by atoms with Crippen LogP contribution in [0.2, 0.25) is 5.02 Å². The van der Waals surface area contributed by atoms with Crippen molar-refractivity contribution >= 4 is 11.6 Å². The van der Waals surface area contributed by atoms with Crippen LogP contribution in [0.25, 0.3) is 11.1 Å². The number of nitrogens with one attached hydrogen (secondary N) is 1. The minimum atomic E-state index is 0.335. The summed E-state index contributed by atoms with van der Waals surface area (Å²) < 4.78 is 0. The molecular formula is C17H20ClN. The van der Waals surface area contributed by atoms with Crippen molar-refractivity contribution in [3.05, 3.63) is 58.6 Å². The standard InChI is InChI=1S/C17H20ClN/c1-4-19-13(3)15-7-5-6-8-16(15)14-10-9-12(2)17(18)11-14/h5-11,13,19H,4H2,1-3H3. The highest BCUT2D eigenvalue weighted by atomic mass is 35.5. The van der Waals surface area contributed by atoms with Crippen LogP contribution in [-0.2, 0) is 0 Å². The van der Waals surface area contributed by atoms with Crippen molar-refractivity contribution < 1.29 is 0 Å². The van der Waals surface area contributed by atoms with E-state index < -0.39 is 0 Å². The van der Waals surface area contributed by atoms with E-state index >= 15 is 0 Å². The van der Waals surface area contributed by atoms with Gasteiger partial charge in [-0.1, -0.05) is 54.9 Å². The van der Waals surface area contributed by atoms with Crippen molar-refractivity contribution in [3.8, 4) is 11.1 Å². The normalized spacial score (nSPS) is 12.4. The van der Waals surface area contributed by atoms with Crippen LogP contribution in [0, 0.1) is 6.92 Å². The molecule has 0 amide bonds. The Labute approximate surface area is 120 Å². The Balaban J connectivity index is 2.46. The minimum Gasteiger partial charge on any atom is -0.310 e. The molecule has 0 heterocycles. The van der Waals surface area contributed by atoms with Crippen molar-refractivity contribution in [1.82, 2.24) is 5.32 Å². The van der Waals surface area contributed by atoms with Gasteiger partial charge >= 0.3 is 0 Å². The maximum atomic E-state index is 6.24. The van der Waals surface area contributed by atoms with Crippen LogP contribution >= 0.6 is 11.6 Å². The zero-order valence-electron chi connectivity index (χ0n) is 11.7. The topological polar surface area (TPSA) is 12.0 Å². The van der Waals surface area contributed by atoms with E-state index in [4.69, 9.17) is 11.6 Å². The van der Waals surface area contributed by atoms with Gasteiger partial charge in [-0.05, 0) is 48.7 Å². The summed E-state index contributed by atoms with van der Waals surface area (Å²) in [5.41, 5.74) is 4.85. The van der Waals surface area contributed by atoms with Gasteiger partial charge < -0.3 is 5.32 Å². The van der Waals surface area contributed by atoms with Crippen molar-refractivity contribution in [2.24, 2.45) is 0 Å². The Morgan fingerprint density at radius 2 is 1.89 bits per heavy atom. The molecule has 19 heavy (non-hydrogen) atoms. The number of aryl methyl sites for hydroxylation is 1. The second-order valence-corrected chi connectivity index (χ2v) is 5.24. The summed E-state index contributed by atoms with van der Waals surface area (Å²) in [6.45, 7) is 7.31. The Kier molecular flexibility index (Phi) is 4.62. The first kappa shape index (κ1) is 14.1. The lowest BCUT2D eigenvalue weighted by molar-refractivity contribution is 0.599. The van der Waals surface area contributed by atoms with Crippen molar-refractivity contribution in [2.45, 2.75) is 26.8 Å². The van der Waals surface area contributed by atoms with Crippen LogP contribution in [0.5, 0.6) is 0 Å². The third-order valence-electron chi connectivity index (χ3n) is 3.42. The fourth-order valence-electron chi connectivity index (χ4n) is 2.31. The molecule has 1 atom stereocenters. The van der Waals surface area contributed by atoms with Gasteiger partial charge in [0.25, 0.3) is 0 Å². The largest absolute Gasteiger partial charge is 0.310 e. The first-order valence-electron chi connectivity index (χ1n) is 6.72. The summed E-state index contributed by atoms with van der Waals surface area (Å²) in [4.78, 5) is 0. The second-order valence-electron chi connectivity index (χ2n) is 4.83. The molecule has 2 aromatic rings. The lowest BCUT2D eigenvalue weighted by atomic mass is 9.95. The molecule has 2 heteroatoms. The molecule has 0 saturated carbocycles. The molecular weight excluding hydrogens is 254 g/mol. The van der Waals surface area contributed by atoms with E-state index in [0.717, 1.165) is 17.1 Å².